The Morgan fingerprint density at radius 2 is 1.84 bits per heavy atom. The fraction of sp³-hybridized carbons (Fsp3) is 0.464. The molecule has 0 bridgehead atoms. The van der Waals surface area contributed by atoms with Crippen molar-refractivity contribution in [2.75, 3.05) is 11.4 Å². The maximum atomic E-state index is 13.9. The van der Waals surface area contributed by atoms with Crippen molar-refractivity contribution in [2.45, 2.75) is 65.1 Å². The van der Waals surface area contributed by atoms with Crippen LogP contribution >= 0.6 is 11.6 Å². The van der Waals surface area contributed by atoms with E-state index in [9.17, 15) is 9.59 Å². The molecule has 2 aliphatic rings. The molecule has 1 aliphatic heterocycles. The summed E-state index contributed by atoms with van der Waals surface area (Å²) >= 11 is 6.53. The number of tetrazole rings is 1. The number of hydrogen-bond donors (Lipinski definition) is 2. The van der Waals surface area contributed by atoms with E-state index in [1.54, 1.807) is 12.1 Å². The Balaban J connectivity index is 1.35. The van der Waals surface area contributed by atoms with Crippen LogP contribution in [0, 0.1) is 11.3 Å². The lowest BCUT2D eigenvalue weighted by molar-refractivity contribution is 0.0631. The molecular weight excluding hydrogens is 502 g/mol. The maximum absolute atomic E-state index is 13.9. The van der Waals surface area contributed by atoms with Crippen LogP contribution in [0.1, 0.15) is 68.2 Å². The fourth-order valence-corrected chi connectivity index (χ4v) is 6.04. The Kier molecular flexibility index (Phi) is 7.13. The van der Waals surface area contributed by atoms with E-state index in [1.807, 2.05) is 46.2 Å². The average Bonchev–Trinajstić information content (AvgIpc) is 3.51. The van der Waals surface area contributed by atoms with Gasteiger partial charge in [-0.1, -0.05) is 61.9 Å². The van der Waals surface area contributed by atoms with Crippen molar-refractivity contribution in [3.05, 3.63) is 70.5 Å². The Morgan fingerprint density at radius 3 is 2.47 bits per heavy atom. The van der Waals surface area contributed by atoms with Crippen molar-refractivity contribution in [3.63, 3.8) is 0 Å². The first kappa shape index (κ1) is 26.2. The minimum atomic E-state index is -0.251. The number of carbonyl (C=O) groups excluding carboxylic acids is 2. The van der Waals surface area contributed by atoms with Crippen molar-refractivity contribution in [3.8, 4) is 0 Å². The van der Waals surface area contributed by atoms with Gasteiger partial charge in [0.1, 0.15) is 0 Å². The monoisotopic (exact) mass is 535 g/mol. The third kappa shape index (κ3) is 5.25. The smallest absolute Gasteiger partial charge is 0.325 e. The first-order valence-corrected chi connectivity index (χ1v) is 13.5. The number of H-pyrrole nitrogens is 1. The van der Waals surface area contributed by atoms with E-state index < -0.39 is 0 Å². The molecule has 2 N–H and O–H groups in total. The number of halogens is 1. The van der Waals surface area contributed by atoms with Crippen LogP contribution < -0.4 is 10.2 Å². The number of urea groups is 1. The molecule has 10 heteroatoms. The minimum Gasteiger partial charge on any atom is -0.345 e. The number of amides is 3. The van der Waals surface area contributed by atoms with Gasteiger partial charge >= 0.3 is 6.03 Å². The molecule has 0 atom stereocenters. The van der Waals surface area contributed by atoms with E-state index in [2.05, 4.69) is 46.7 Å². The van der Waals surface area contributed by atoms with E-state index in [-0.39, 0.29) is 29.4 Å². The summed E-state index contributed by atoms with van der Waals surface area (Å²) in [4.78, 5) is 30.3. The van der Waals surface area contributed by atoms with Crippen LogP contribution in [-0.2, 0) is 13.1 Å². The number of rotatable bonds is 6. The average molecular weight is 536 g/mol. The molecule has 2 aromatic carbocycles. The molecule has 1 saturated heterocycles. The van der Waals surface area contributed by atoms with Gasteiger partial charge in [-0.15, -0.1) is 10.2 Å². The number of anilines is 1. The van der Waals surface area contributed by atoms with Crippen LogP contribution in [-0.4, -0.2) is 49.5 Å². The lowest BCUT2D eigenvalue weighted by Gasteiger charge is -2.45. The number of aromatic amines is 1. The van der Waals surface area contributed by atoms with Crippen LogP contribution in [0.4, 0.5) is 10.5 Å². The second-order valence-corrected chi connectivity index (χ2v) is 11.9. The van der Waals surface area contributed by atoms with Crippen LogP contribution in [0.15, 0.2) is 48.5 Å². The summed E-state index contributed by atoms with van der Waals surface area (Å²) in [5.74, 6) is 0.822. The molecule has 9 nitrogen and oxygen atoms in total. The van der Waals surface area contributed by atoms with Crippen LogP contribution in [0.25, 0.3) is 0 Å². The Morgan fingerprint density at radius 1 is 1.13 bits per heavy atom. The second kappa shape index (κ2) is 10.4. The minimum absolute atomic E-state index is 0.0192. The van der Waals surface area contributed by atoms with Crippen molar-refractivity contribution in [2.24, 2.45) is 11.3 Å². The normalized spacial score (nSPS) is 21.8. The summed E-state index contributed by atoms with van der Waals surface area (Å²) in [6.45, 7) is 8.22. The second-order valence-electron chi connectivity index (χ2n) is 11.5. The number of nitrogens with one attached hydrogen (secondary N) is 2. The van der Waals surface area contributed by atoms with Gasteiger partial charge in [-0.2, -0.15) is 5.21 Å². The van der Waals surface area contributed by atoms with E-state index in [4.69, 9.17) is 11.6 Å². The predicted octanol–water partition coefficient (Wildman–Crippen LogP) is 5.20. The van der Waals surface area contributed by atoms with Gasteiger partial charge in [-0.05, 0) is 66.8 Å². The highest BCUT2D eigenvalue weighted by Crippen LogP contribution is 2.48. The lowest BCUT2D eigenvalue weighted by atomic mass is 9.67. The zero-order valence-corrected chi connectivity index (χ0v) is 22.8. The first-order chi connectivity index (χ1) is 18.2. The highest BCUT2D eigenvalue weighted by Gasteiger charge is 2.52. The summed E-state index contributed by atoms with van der Waals surface area (Å²) in [6, 6.07) is 14.9. The molecule has 1 aliphatic carbocycles. The van der Waals surface area contributed by atoms with Gasteiger partial charge in [0.15, 0.2) is 5.82 Å². The third-order valence-corrected chi connectivity index (χ3v) is 8.44. The topological polar surface area (TPSA) is 107 Å². The van der Waals surface area contributed by atoms with Gasteiger partial charge < -0.3 is 10.2 Å². The molecule has 2 heterocycles. The third-order valence-electron chi connectivity index (χ3n) is 8.12. The van der Waals surface area contributed by atoms with E-state index >= 15 is 0 Å². The number of benzene rings is 2. The van der Waals surface area contributed by atoms with Crippen molar-refractivity contribution in [1.82, 2.24) is 30.8 Å². The number of nitrogens with zero attached hydrogens (tertiary/aromatic N) is 5. The summed E-state index contributed by atoms with van der Waals surface area (Å²) in [5.41, 5.74) is 2.26. The highest BCUT2D eigenvalue weighted by molar-refractivity contribution is 6.33. The number of para-hydroxylation sites is 1. The Labute approximate surface area is 227 Å². The van der Waals surface area contributed by atoms with Crippen molar-refractivity contribution in [1.29, 1.82) is 0 Å². The quantitative estimate of drug-likeness (QED) is 0.451. The molecule has 38 heavy (non-hydrogen) atoms. The highest BCUT2D eigenvalue weighted by atomic mass is 35.5. The first-order valence-electron chi connectivity index (χ1n) is 13.1. The SMILES string of the molecule is CC(C)(C)C1CCC2(CC1)CN(c1ccccc1Cl)C(=O)N2Cc1ccc(C(=O)NCc2nn[nH]n2)cc1. The molecule has 1 saturated carbocycles. The summed E-state index contributed by atoms with van der Waals surface area (Å²) in [6.07, 6.45) is 4.09. The largest absolute Gasteiger partial charge is 0.345 e. The van der Waals surface area contributed by atoms with Gasteiger partial charge in [0.25, 0.3) is 5.91 Å². The molecule has 0 radical (unpaired) electrons. The molecule has 200 valence electrons. The molecule has 3 aromatic rings. The van der Waals surface area contributed by atoms with E-state index in [1.165, 1.54) is 0 Å². The summed E-state index contributed by atoms with van der Waals surface area (Å²) in [7, 11) is 0. The lowest BCUT2D eigenvalue weighted by Crippen LogP contribution is -2.50. The zero-order chi connectivity index (χ0) is 26.9. The van der Waals surface area contributed by atoms with E-state index in [0.29, 0.717) is 35.4 Å². The number of aromatic nitrogens is 4. The molecule has 1 aromatic heterocycles. The zero-order valence-electron chi connectivity index (χ0n) is 22.1. The molecule has 3 amide bonds. The number of hydrogen-bond acceptors (Lipinski definition) is 5. The number of carbonyl (C=O) groups is 2. The van der Waals surface area contributed by atoms with Crippen LogP contribution in [0.5, 0.6) is 0 Å². The standard InChI is InChI=1S/C28H34ClN7O2/c1-27(2,3)21-12-14-28(15-13-21)18-35(23-7-5-4-6-22(23)29)26(38)36(28)17-19-8-10-20(11-9-19)25(37)30-16-24-31-33-34-32-24/h4-11,21H,12-18H2,1-3H3,(H,30,37)(H,31,32,33,34). The molecule has 1 spiro atoms. The van der Waals surface area contributed by atoms with Gasteiger partial charge in [0.2, 0.25) is 0 Å². The van der Waals surface area contributed by atoms with Crippen LogP contribution in [0.2, 0.25) is 5.02 Å². The van der Waals surface area contributed by atoms with Gasteiger partial charge in [-0.3, -0.25) is 9.69 Å². The Bertz CT molecular complexity index is 1280. The molecule has 5 rings (SSSR count). The maximum Gasteiger partial charge on any atom is 0.325 e. The van der Waals surface area contributed by atoms with Crippen molar-refractivity contribution < 1.29 is 9.59 Å². The summed E-state index contributed by atoms with van der Waals surface area (Å²) < 4.78 is 0. The molecule has 2 fully saturated rings. The Hall–Kier alpha value is -3.46. The van der Waals surface area contributed by atoms with E-state index in [0.717, 1.165) is 36.9 Å². The predicted molar refractivity (Wildman–Crippen MR) is 146 cm³/mol. The van der Waals surface area contributed by atoms with Gasteiger partial charge in [0, 0.05) is 12.1 Å². The van der Waals surface area contributed by atoms with Crippen LogP contribution in [0.3, 0.4) is 0 Å². The summed E-state index contributed by atoms with van der Waals surface area (Å²) in [5, 5.41) is 16.9. The fourth-order valence-electron chi connectivity index (χ4n) is 5.80. The van der Waals surface area contributed by atoms with Gasteiger partial charge in [-0.25, -0.2) is 4.79 Å². The van der Waals surface area contributed by atoms with Gasteiger partial charge in [0.05, 0.1) is 29.3 Å². The molecular formula is C28H34ClN7O2. The molecule has 0 unspecified atom stereocenters. The van der Waals surface area contributed by atoms with Crippen molar-refractivity contribution >= 4 is 29.2 Å².